The molecule has 0 aromatic rings. The Hall–Kier alpha value is -0.630. The molecule has 11 heavy (non-hydrogen) atoms. The highest BCUT2D eigenvalue weighted by Crippen LogP contribution is 2.24. The normalized spacial score (nSPS) is 25.5. The number of aliphatic imine (C=N–C) groups is 1. The van der Waals surface area contributed by atoms with Gasteiger partial charge < -0.3 is 4.90 Å². The Balaban J connectivity index is 2.11. The minimum atomic E-state index is 1.11. The first-order valence-electron chi connectivity index (χ1n) is 4.28. The molecule has 0 aliphatic carbocycles. The van der Waals surface area contributed by atoms with Gasteiger partial charge in [-0.3, -0.25) is 4.99 Å². The van der Waals surface area contributed by atoms with Crippen molar-refractivity contribution in [1.82, 2.24) is 4.90 Å². The van der Waals surface area contributed by atoms with Crippen LogP contribution in [0.15, 0.2) is 16.3 Å². The van der Waals surface area contributed by atoms with Crippen molar-refractivity contribution in [3.8, 4) is 0 Å². The lowest BCUT2D eigenvalue weighted by Gasteiger charge is -2.11. The fraction of sp³-hybridized carbons (Fsp3) is 0.667. The summed E-state index contributed by atoms with van der Waals surface area (Å²) in [7, 11) is 2.19. The van der Waals surface area contributed by atoms with Gasteiger partial charge in [0, 0.05) is 37.8 Å². The molecule has 0 N–H and O–H groups in total. The second kappa shape index (κ2) is 2.78. The largest absolute Gasteiger partial charge is 0.306 e. The lowest BCUT2D eigenvalue weighted by molar-refractivity contribution is 0.351. The number of hydrogen-bond donors (Lipinski definition) is 0. The van der Waals surface area contributed by atoms with Crippen LogP contribution in [-0.2, 0) is 0 Å². The van der Waals surface area contributed by atoms with Crippen LogP contribution in [0.2, 0.25) is 0 Å². The van der Waals surface area contributed by atoms with Gasteiger partial charge in [0.25, 0.3) is 0 Å². The smallest absolute Gasteiger partial charge is 0.0408 e. The van der Waals surface area contributed by atoms with Gasteiger partial charge in [0.15, 0.2) is 0 Å². The van der Waals surface area contributed by atoms with Crippen molar-refractivity contribution >= 4 is 6.21 Å². The van der Waals surface area contributed by atoms with Crippen LogP contribution in [-0.4, -0.2) is 31.3 Å². The highest BCUT2D eigenvalue weighted by atomic mass is 15.1. The lowest BCUT2D eigenvalue weighted by Crippen LogP contribution is -2.19. The summed E-state index contributed by atoms with van der Waals surface area (Å²) >= 11 is 0. The molecule has 0 saturated carbocycles. The Kier molecular flexibility index (Phi) is 1.78. The van der Waals surface area contributed by atoms with Crippen LogP contribution in [0.5, 0.6) is 0 Å². The molecule has 0 aromatic carbocycles. The van der Waals surface area contributed by atoms with Gasteiger partial charge >= 0.3 is 0 Å². The Bertz CT molecular complexity index is 216. The predicted octanol–water partition coefficient (Wildman–Crippen LogP) is 1.44. The third kappa shape index (κ3) is 1.36. The van der Waals surface area contributed by atoms with E-state index in [1.54, 1.807) is 5.57 Å². The van der Waals surface area contributed by atoms with Crippen molar-refractivity contribution in [3.05, 3.63) is 11.3 Å². The Morgan fingerprint density at radius 3 is 3.09 bits per heavy atom. The van der Waals surface area contributed by atoms with Crippen LogP contribution >= 0.6 is 0 Å². The molecule has 2 heteroatoms. The zero-order chi connectivity index (χ0) is 7.68. The standard InChI is InChI=1S/C9H14N2/c1-11-6-3-8-2-5-10-9(8)4-7-11/h5H,2-4,6-7H2,1H3. The fourth-order valence-electron chi connectivity index (χ4n) is 1.70. The van der Waals surface area contributed by atoms with E-state index in [0.717, 1.165) is 12.8 Å². The second-order valence-corrected chi connectivity index (χ2v) is 3.37. The van der Waals surface area contributed by atoms with Crippen LogP contribution in [0.3, 0.4) is 0 Å². The summed E-state index contributed by atoms with van der Waals surface area (Å²) in [6, 6.07) is 0. The average Bonchev–Trinajstić information content (AvgIpc) is 2.38. The Morgan fingerprint density at radius 2 is 2.18 bits per heavy atom. The van der Waals surface area contributed by atoms with Crippen molar-refractivity contribution < 1.29 is 0 Å². The van der Waals surface area contributed by atoms with Crippen molar-refractivity contribution in [2.24, 2.45) is 4.99 Å². The highest BCUT2D eigenvalue weighted by molar-refractivity contribution is 5.67. The Morgan fingerprint density at radius 1 is 1.36 bits per heavy atom. The van der Waals surface area contributed by atoms with E-state index in [2.05, 4.69) is 23.2 Å². The number of nitrogens with zero attached hydrogens (tertiary/aromatic N) is 2. The second-order valence-electron chi connectivity index (χ2n) is 3.37. The molecular formula is C9H14N2. The van der Waals surface area contributed by atoms with Crippen molar-refractivity contribution in [1.29, 1.82) is 0 Å². The highest BCUT2D eigenvalue weighted by Gasteiger charge is 2.15. The van der Waals surface area contributed by atoms with Gasteiger partial charge in [0.05, 0.1) is 0 Å². The third-order valence-electron chi connectivity index (χ3n) is 2.52. The van der Waals surface area contributed by atoms with E-state index in [0.29, 0.717) is 0 Å². The molecule has 0 spiro atoms. The molecule has 2 aliphatic rings. The first-order valence-corrected chi connectivity index (χ1v) is 4.28. The molecule has 0 bridgehead atoms. The molecule has 0 unspecified atom stereocenters. The zero-order valence-corrected chi connectivity index (χ0v) is 7.01. The molecule has 60 valence electrons. The van der Waals surface area contributed by atoms with Gasteiger partial charge in [-0.2, -0.15) is 0 Å². The van der Waals surface area contributed by atoms with E-state index in [4.69, 9.17) is 0 Å². The summed E-state index contributed by atoms with van der Waals surface area (Å²) in [6.45, 7) is 2.39. The van der Waals surface area contributed by atoms with Crippen LogP contribution in [0.25, 0.3) is 0 Å². The molecule has 2 aliphatic heterocycles. The number of hydrogen-bond acceptors (Lipinski definition) is 2. The first-order chi connectivity index (χ1) is 5.36. The van der Waals surface area contributed by atoms with Crippen molar-refractivity contribution in [2.75, 3.05) is 20.1 Å². The van der Waals surface area contributed by atoms with Gasteiger partial charge in [0.1, 0.15) is 0 Å². The van der Waals surface area contributed by atoms with E-state index in [-0.39, 0.29) is 0 Å². The summed E-state index contributed by atoms with van der Waals surface area (Å²) in [4.78, 5) is 6.76. The minimum Gasteiger partial charge on any atom is -0.306 e. The van der Waals surface area contributed by atoms with Gasteiger partial charge in [-0.25, -0.2) is 0 Å². The van der Waals surface area contributed by atoms with E-state index >= 15 is 0 Å². The number of rotatable bonds is 0. The van der Waals surface area contributed by atoms with E-state index in [1.807, 2.05) is 0 Å². The maximum absolute atomic E-state index is 4.38. The average molecular weight is 150 g/mol. The molecule has 0 atom stereocenters. The SMILES string of the molecule is CN1CCC2=C(CC1)N=CC2. The zero-order valence-electron chi connectivity index (χ0n) is 7.01. The maximum atomic E-state index is 4.38. The molecule has 0 amide bonds. The summed E-state index contributed by atoms with van der Waals surface area (Å²) in [5, 5.41) is 0. The monoisotopic (exact) mass is 150 g/mol. The van der Waals surface area contributed by atoms with Crippen LogP contribution in [0.1, 0.15) is 19.3 Å². The fourth-order valence-corrected chi connectivity index (χ4v) is 1.70. The summed E-state index contributed by atoms with van der Waals surface area (Å²) < 4.78 is 0. The molecule has 0 fully saturated rings. The maximum Gasteiger partial charge on any atom is 0.0408 e. The summed E-state index contributed by atoms with van der Waals surface area (Å²) in [6.07, 6.45) is 5.55. The van der Waals surface area contributed by atoms with E-state index in [1.165, 1.54) is 25.2 Å². The topological polar surface area (TPSA) is 15.6 Å². The van der Waals surface area contributed by atoms with Crippen molar-refractivity contribution in [3.63, 3.8) is 0 Å². The minimum absolute atomic E-state index is 1.11. The van der Waals surface area contributed by atoms with Gasteiger partial charge in [-0.15, -0.1) is 0 Å². The van der Waals surface area contributed by atoms with Crippen LogP contribution in [0.4, 0.5) is 0 Å². The Labute approximate surface area is 67.6 Å². The van der Waals surface area contributed by atoms with E-state index in [9.17, 15) is 0 Å². The first kappa shape index (κ1) is 7.04. The molecule has 0 saturated heterocycles. The molecule has 2 nitrogen and oxygen atoms in total. The molecular weight excluding hydrogens is 136 g/mol. The molecule has 0 aromatic heterocycles. The lowest BCUT2D eigenvalue weighted by atomic mass is 10.1. The summed E-state index contributed by atoms with van der Waals surface area (Å²) in [5.74, 6) is 0. The third-order valence-corrected chi connectivity index (χ3v) is 2.52. The van der Waals surface area contributed by atoms with E-state index < -0.39 is 0 Å². The van der Waals surface area contributed by atoms with Gasteiger partial charge in [-0.1, -0.05) is 0 Å². The van der Waals surface area contributed by atoms with Gasteiger partial charge in [-0.05, 0) is 19.0 Å². The molecule has 2 heterocycles. The molecule has 2 rings (SSSR count). The van der Waals surface area contributed by atoms with Crippen LogP contribution in [0, 0.1) is 0 Å². The van der Waals surface area contributed by atoms with Crippen molar-refractivity contribution in [2.45, 2.75) is 19.3 Å². The van der Waals surface area contributed by atoms with Crippen LogP contribution < -0.4 is 0 Å². The van der Waals surface area contributed by atoms with Gasteiger partial charge in [0.2, 0.25) is 0 Å². The summed E-state index contributed by atoms with van der Waals surface area (Å²) in [5.41, 5.74) is 2.95. The predicted molar refractivity (Wildman–Crippen MR) is 46.9 cm³/mol. The quantitative estimate of drug-likeness (QED) is 0.510. The molecule has 0 radical (unpaired) electrons.